The summed E-state index contributed by atoms with van der Waals surface area (Å²) >= 11 is 6.34. The quantitative estimate of drug-likeness (QED) is 0.385. The second kappa shape index (κ2) is 8.80. The molecule has 1 heterocycles. The van der Waals surface area contributed by atoms with Gasteiger partial charge in [-0.3, -0.25) is 0 Å². The van der Waals surface area contributed by atoms with Crippen LogP contribution in [0.25, 0.3) is 22.2 Å². The van der Waals surface area contributed by atoms with E-state index in [4.69, 9.17) is 17.3 Å². The second-order valence-corrected chi connectivity index (χ2v) is 7.94. The molecule has 0 aliphatic rings. The molecule has 2 nitrogen and oxygen atoms in total. The van der Waals surface area contributed by atoms with Crippen molar-refractivity contribution in [1.82, 2.24) is 4.98 Å². The molecular formula is C23H26ClF3N2. The Morgan fingerprint density at radius 1 is 1.10 bits per heavy atom. The van der Waals surface area contributed by atoms with Crippen molar-refractivity contribution >= 4 is 22.5 Å². The van der Waals surface area contributed by atoms with E-state index in [9.17, 15) is 13.2 Å². The Hall–Kier alpha value is -1.98. The summed E-state index contributed by atoms with van der Waals surface area (Å²) in [6, 6.07) is 9.71. The first-order chi connectivity index (χ1) is 13.8. The van der Waals surface area contributed by atoms with Gasteiger partial charge in [-0.25, -0.2) is 0 Å². The number of halogens is 4. The number of nitrogens with two attached hydrogens (primary N) is 1. The van der Waals surface area contributed by atoms with Crippen molar-refractivity contribution in [3.05, 3.63) is 58.1 Å². The molecule has 0 amide bonds. The van der Waals surface area contributed by atoms with Crippen LogP contribution in [0.3, 0.4) is 0 Å². The standard InChI is InChI=1S/C23H26ClF3N2/c1-3-14(2)15-7-10-21-18(12-15)17(6-4-5-11-28)22(29-21)19-13-16(23(25,26)27)8-9-20(19)24/h7-10,12-14,29H,3-6,11,28H2,1-2H3. The molecule has 3 N–H and O–H groups in total. The summed E-state index contributed by atoms with van der Waals surface area (Å²) in [4.78, 5) is 3.33. The Morgan fingerprint density at radius 3 is 2.52 bits per heavy atom. The molecule has 6 heteroatoms. The lowest BCUT2D eigenvalue weighted by molar-refractivity contribution is -0.137. The summed E-state index contributed by atoms with van der Waals surface area (Å²) in [6.07, 6.45) is -0.962. The van der Waals surface area contributed by atoms with E-state index in [1.807, 2.05) is 6.07 Å². The Kier molecular flexibility index (Phi) is 6.59. The number of hydrogen-bond donors (Lipinski definition) is 2. The van der Waals surface area contributed by atoms with Crippen molar-refractivity contribution in [1.29, 1.82) is 0 Å². The van der Waals surface area contributed by atoms with Gasteiger partial charge >= 0.3 is 6.18 Å². The largest absolute Gasteiger partial charge is 0.416 e. The minimum atomic E-state index is -4.42. The molecule has 156 valence electrons. The number of fused-ring (bicyclic) bond motifs is 1. The summed E-state index contributed by atoms with van der Waals surface area (Å²) in [7, 11) is 0. The molecule has 1 atom stereocenters. The summed E-state index contributed by atoms with van der Waals surface area (Å²) in [5.41, 5.74) is 9.11. The molecule has 0 aliphatic heterocycles. The molecule has 0 spiro atoms. The van der Waals surface area contributed by atoms with Crippen LogP contribution in [0.15, 0.2) is 36.4 Å². The van der Waals surface area contributed by atoms with Crippen LogP contribution < -0.4 is 5.73 Å². The highest BCUT2D eigenvalue weighted by Gasteiger charge is 2.31. The first-order valence-electron chi connectivity index (χ1n) is 9.98. The van der Waals surface area contributed by atoms with Gasteiger partial charge in [0.25, 0.3) is 0 Å². The topological polar surface area (TPSA) is 41.8 Å². The summed E-state index contributed by atoms with van der Waals surface area (Å²) in [5.74, 6) is 0.409. The van der Waals surface area contributed by atoms with E-state index in [2.05, 4.69) is 31.0 Å². The summed E-state index contributed by atoms with van der Waals surface area (Å²) < 4.78 is 39.8. The zero-order chi connectivity index (χ0) is 21.2. The number of H-pyrrole nitrogens is 1. The van der Waals surface area contributed by atoms with Crippen molar-refractivity contribution in [2.75, 3.05) is 6.54 Å². The summed E-state index contributed by atoms with van der Waals surface area (Å²) in [5, 5.41) is 1.34. The van der Waals surface area contributed by atoms with Gasteiger partial charge in [0.1, 0.15) is 0 Å². The predicted molar refractivity (Wildman–Crippen MR) is 114 cm³/mol. The molecular weight excluding hydrogens is 397 g/mol. The Morgan fingerprint density at radius 2 is 1.86 bits per heavy atom. The van der Waals surface area contributed by atoms with E-state index < -0.39 is 11.7 Å². The van der Waals surface area contributed by atoms with Crippen LogP contribution in [0.2, 0.25) is 5.02 Å². The minimum absolute atomic E-state index is 0.298. The number of unbranched alkanes of at least 4 members (excludes halogenated alkanes) is 1. The predicted octanol–water partition coefficient (Wildman–Crippen LogP) is 7.30. The van der Waals surface area contributed by atoms with Gasteiger partial charge in [-0.1, -0.05) is 31.5 Å². The number of aryl methyl sites for hydroxylation is 1. The average molecular weight is 423 g/mol. The van der Waals surface area contributed by atoms with Crippen LogP contribution in [0.5, 0.6) is 0 Å². The van der Waals surface area contributed by atoms with Gasteiger partial charge in [-0.2, -0.15) is 13.2 Å². The van der Waals surface area contributed by atoms with Crippen molar-refractivity contribution < 1.29 is 13.2 Å². The van der Waals surface area contributed by atoms with Gasteiger partial charge in [0, 0.05) is 21.5 Å². The fourth-order valence-corrected chi connectivity index (χ4v) is 3.85. The maximum atomic E-state index is 13.3. The third-order valence-electron chi connectivity index (χ3n) is 5.56. The molecule has 0 saturated carbocycles. The zero-order valence-corrected chi connectivity index (χ0v) is 17.4. The van der Waals surface area contributed by atoms with Crippen LogP contribution in [0, 0.1) is 0 Å². The van der Waals surface area contributed by atoms with Crippen LogP contribution in [-0.4, -0.2) is 11.5 Å². The highest BCUT2D eigenvalue weighted by Crippen LogP contribution is 2.40. The fraction of sp³-hybridized carbons (Fsp3) is 0.391. The van der Waals surface area contributed by atoms with Gasteiger partial charge < -0.3 is 10.7 Å². The normalized spacial score (nSPS) is 13.2. The maximum Gasteiger partial charge on any atom is 0.416 e. The van der Waals surface area contributed by atoms with Crippen molar-refractivity contribution in [2.45, 2.75) is 51.6 Å². The Balaban J connectivity index is 2.20. The molecule has 29 heavy (non-hydrogen) atoms. The lowest BCUT2D eigenvalue weighted by Gasteiger charge is -2.12. The average Bonchev–Trinajstić information content (AvgIpc) is 3.04. The maximum absolute atomic E-state index is 13.3. The molecule has 2 aromatic carbocycles. The molecule has 3 aromatic rings. The summed E-state index contributed by atoms with van der Waals surface area (Å²) in [6.45, 7) is 4.90. The highest BCUT2D eigenvalue weighted by molar-refractivity contribution is 6.33. The molecule has 0 saturated heterocycles. The number of aromatic amines is 1. The monoisotopic (exact) mass is 422 g/mol. The van der Waals surface area contributed by atoms with Crippen molar-refractivity contribution in [3.8, 4) is 11.3 Å². The van der Waals surface area contributed by atoms with E-state index in [0.717, 1.165) is 54.3 Å². The van der Waals surface area contributed by atoms with E-state index in [-0.39, 0.29) is 0 Å². The molecule has 0 radical (unpaired) electrons. The molecule has 1 aromatic heterocycles. The first kappa shape index (κ1) is 21.7. The number of aromatic nitrogens is 1. The fourth-order valence-electron chi connectivity index (χ4n) is 3.64. The Labute approximate surface area is 174 Å². The van der Waals surface area contributed by atoms with Crippen LogP contribution in [0.1, 0.15) is 55.7 Å². The SMILES string of the molecule is CCC(C)c1ccc2[nH]c(-c3cc(C(F)(F)F)ccc3Cl)c(CCCCN)c2c1. The van der Waals surface area contributed by atoms with E-state index in [0.29, 0.717) is 28.7 Å². The number of rotatable bonds is 7. The lowest BCUT2D eigenvalue weighted by Crippen LogP contribution is -2.05. The van der Waals surface area contributed by atoms with Gasteiger partial charge in [0.05, 0.1) is 11.3 Å². The second-order valence-electron chi connectivity index (χ2n) is 7.53. The van der Waals surface area contributed by atoms with Gasteiger partial charge in [0.2, 0.25) is 0 Å². The third kappa shape index (κ3) is 4.62. The lowest BCUT2D eigenvalue weighted by atomic mass is 9.94. The Bertz CT molecular complexity index is 992. The number of alkyl halides is 3. The zero-order valence-electron chi connectivity index (χ0n) is 16.7. The van der Waals surface area contributed by atoms with Crippen LogP contribution >= 0.6 is 11.6 Å². The van der Waals surface area contributed by atoms with E-state index in [1.165, 1.54) is 11.6 Å². The smallest absolute Gasteiger partial charge is 0.354 e. The number of benzene rings is 2. The molecule has 0 fully saturated rings. The highest BCUT2D eigenvalue weighted by atomic mass is 35.5. The van der Waals surface area contributed by atoms with Gasteiger partial charge in [-0.15, -0.1) is 0 Å². The third-order valence-corrected chi connectivity index (χ3v) is 5.89. The van der Waals surface area contributed by atoms with Crippen LogP contribution in [-0.2, 0) is 12.6 Å². The van der Waals surface area contributed by atoms with E-state index >= 15 is 0 Å². The van der Waals surface area contributed by atoms with Crippen molar-refractivity contribution in [3.63, 3.8) is 0 Å². The van der Waals surface area contributed by atoms with Gasteiger partial charge in [-0.05, 0) is 79.6 Å². The van der Waals surface area contributed by atoms with Crippen LogP contribution in [0.4, 0.5) is 13.2 Å². The molecule has 3 rings (SSSR count). The molecule has 1 unspecified atom stereocenters. The van der Waals surface area contributed by atoms with E-state index in [1.54, 1.807) is 0 Å². The first-order valence-corrected chi connectivity index (χ1v) is 10.4. The molecule has 0 aliphatic carbocycles. The van der Waals surface area contributed by atoms with Gasteiger partial charge in [0.15, 0.2) is 0 Å². The number of hydrogen-bond acceptors (Lipinski definition) is 1. The van der Waals surface area contributed by atoms with Crippen molar-refractivity contribution in [2.24, 2.45) is 5.73 Å². The number of nitrogens with one attached hydrogen (secondary N) is 1. The molecule has 0 bridgehead atoms. The minimum Gasteiger partial charge on any atom is -0.354 e.